The van der Waals surface area contributed by atoms with Gasteiger partial charge < -0.3 is 0 Å². The Bertz CT molecular complexity index is 419. The van der Waals surface area contributed by atoms with E-state index < -0.39 is 0 Å². The largest absolute Gasteiger partial charge is 0.0777 e. The standard InChI is InChI=1S/C18H22/c1-2-4-14(5-3-1)6-7-18-11-15-8-16(12-18)10-17(9-15)13-18/h1-7,15-17H,8-13H2/b7-6-. The van der Waals surface area contributed by atoms with Crippen molar-refractivity contribution in [1.29, 1.82) is 0 Å². The summed E-state index contributed by atoms with van der Waals surface area (Å²) in [5, 5.41) is 0. The molecule has 5 rings (SSSR count). The van der Waals surface area contributed by atoms with Crippen molar-refractivity contribution in [2.45, 2.75) is 38.5 Å². The van der Waals surface area contributed by atoms with Crippen LogP contribution in [0.2, 0.25) is 0 Å². The molecule has 4 aliphatic carbocycles. The zero-order valence-corrected chi connectivity index (χ0v) is 11.0. The molecule has 0 amide bonds. The normalized spacial score (nSPS) is 41.7. The minimum absolute atomic E-state index is 0.574. The van der Waals surface area contributed by atoms with Gasteiger partial charge in [-0.1, -0.05) is 42.5 Å². The van der Waals surface area contributed by atoms with Gasteiger partial charge in [0.15, 0.2) is 0 Å². The Kier molecular flexibility index (Phi) is 2.40. The molecule has 4 bridgehead atoms. The van der Waals surface area contributed by atoms with Gasteiger partial charge in [0, 0.05) is 0 Å². The van der Waals surface area contributed by atoms with Gasteiger partial charge in [-0.05, 0) is 67.3 Å². The Hall–Kier alpha value is -1.04. The third kappa shape index (κ3) is 1.83. The fraction of sp³-hybridized carbons (Fsp3) is 0.556. The molecule has 4 fully saturated rings. The fourth-order valence-corrected chi connectivity index (χ4v) is 5.22. The van der Waals surface area contributed by atoms with Crippen molar-refractivity contribution in [1.82, 2.24) is 0 Å². The summed E-state index contributed by atoms with van der Waals surface area (Å²) in [7, 11) is 0. The molecular weight excluding hydrogens is 216 g/mol. The number of allylic oxidation sites excluding steroid dienone is 1. The first kappa shape index (κ1) is 10.8. The number of benzene rings is 1. The van der Waals surface area contributed by atoms with E-state index in [1.165, 1.54) is 44.1 Å². The van der Waals surface area contributed by atoms with Crippen LogP contribution in [-0.2, 0) is 0 Å². The lowest BCUT2D eigenvalue weighted by Crippen LogP contribution is -2.44. The minimum atomic E-state index is 0.574. The van der Waals surface area contributed by atoms with Crippen molar-refractivity contribution in [2.75, 3.05) is 0 Å². The fourth-order valence-electron chi connectivity index (χ4n) is 5.22. The second-order valence-electron chi connectivity index (χ2n) is 7.02. The molecule has 0 heterocycles. The molecule has 94 valence electrons. The maximum atomic E-state index is 2.58. The van der Waals surface area contributed by atoms with Crippen LogP contribution in [0.4, 0.5) is 0 Å². The van der Waals surface area contributed by atoms with E-state index in [0.717, 1.165) is 17.8 Å². The van der Waals surface area contributed by atoms with Crippen molar-refractivity contribution < 1.29 is 0 Å². The van der Waals surface area contributed by atoms with Gasteiger partial charge in [0.25, 0.3) is 0 Å². The molecule has 0 unspecified atom stereocenters. The predicted octanol–water partition coefficient (Wildman–Crippen LogP) is 4.92. The van der Waals surface area contributed by atoms with Crippen LogP contribution in [0.3, 0.4) is 0 Å². The van der Waals surface area contributed by atoms with Crippen LogP contribution < -0.4 is 0 Å². The highest BCUT2D eigenvalue weighted by atomic mass is 14.5. The van der Waals surface area contributed by atoms with Crippen LogP contribution in [0.1, 0.15) is 44.1 Å². The minimum Gasteiger partial charge on any atom is -0.0777 e. The highest BCUT2D eigenvalue weighted by molar-refractivity contribution is 5.50. The summed E-state index contributed by atoms with van der Waals surface area (Å²) in [5.41, 5.74) is 1.94. The number of rotatable bonds is 2. The molecule has 1 aromatic rings. The third-order valence-corrected chi connectivity index (χ3v) is 5.51. The predicted molar refractivity (Wildman–Crippen MR) is 76.1 cm³/mol. The average Bonchev–Trinajstić information content (AvgIpc) is 2.36. The van der Waals surface area contributed by atoms with Gasteiger partial charge in [-0.2, -0.15) is 0 Å². The Balaban J connectivity index is 1.59. The lowest BCUT2D eigenvalue weighted by Gasteiger charge is -2.55. The molecule has 0 atom stereocenters. The molecule has 4 aliphatic rings. The van der Waals surface area contributed by atoms with Gasteiger partial charge >= 0.3 is 0 Å². The van der Waals surface area contributed by atoms with E-state index in [4.69, 9.17) is 0 Å². The van der Waals surface area contributed by atoms with Crippen molar-refractivity contribution in [3.8, 4) is 0 Å². The first-order valence-electron chi connectivity index (χ1n) is 7.56. The van der Waals surface area contributed by atoms with Gasteiger partial charge in [0.05, 0.1) is 0 Å². The van der Waals surface area contributed by atoms with Crippen LogP contribution in [0, 0.1) is 23.2 Å². The van der Waals surface area contributed by atoms with Gasteiger partial charge in [-0.15, -0.1) is 0 Å². The molecule has 18 heavy (non-hydrogen) atoms. The molecule has 0 radical (unpaired) electrons. The summed E-state index contributed by atoms with van der Waals surface area (Å²) in [6.07, 6.45) is 14.0. The first-order chi connectivity index (χ1) is 8.81. The van der Waals surface area contributed by atoms with Crippen LogP contribution in [-0.4, -0.2) is 0 Å². The van der Waals surface area contributed by atoms with Crippen LogP contribution in [0.5, 0.6) is 0 Å². The lowest BCUT2D eigenvalue weighted by molar-refractivity contribution is -0.0232. The SMILES string of the molecule is C(=C/C12CC3CC(CC(C3)C1)C2)/c1ccccc1. The van der Waals surface area contributed by atoms with E-state index in [0.29, 0.717) is 5.41 Å². The topological polar surface area (TPSA) is 0 Å². The zero-order valence-electron chi connectivity index (χ0n) is 11.0. The first-order valence-corrected chi connectivity index (χ1v) is 7.56. The second-order valence-corrected chi connectivity index (χ2v) is 7.02. The van der Waals surface area contributed by atoms with E-state index in [9.17, 15) is 0 Å². The molecular formula is C18H22. The Labute approximate surface area is 110 Å². The monoisotopic (exact) mass is 238 g/mol. The summed E-state index contributed by atoms with van der Waals surface area (Å²) in [6, 6.07) is 10.8. The molecule has 0 heteroatoms. The Morgan fingerprint density at radius 3 is 1.94 bits per heavy atom. The highest BCUT2D eigenvalue weighted by Crippen LogP contribution is 2.60. The molecule has 1 aromatic carbocycles. The summed E-state index contributed by atoms with van der Waals surface area (Å²) >= 11 is 0. The van der Waals surface area contributed by atoms with Gasteiger partial charge in [0.2, 0.25) is 0 Å². The summed E-state index contributed by atoms with van der Waals surface area (Å²) < 4.78 is 0. The molecule has 0 aromatic heterocycles. The second kappa shape index (κ2) is 3.98. The van der Waals surface area contributed by atoms with E-state index >= 15 is 0 Å². The molecule has 0 spiro atoms. The smallest absolute Gasteiger partial charge is 0.0107 e. The molecule has 0 aliphatic heterocycles. The van der Waals surface area contributed by atoms with Gasteiger partial charge in [0.1, 0.15) is 0 Å². The summed E-state index contributed by atoms with van der Waals surface area (Å²) in [4.78, 5) is 0. The van der Waals surface area contributed by atoms with E-state index in [1.807, 2.05) is 0 Å². The van der Waals surface area contributed by atoms with Gasteiger partial charge in [-0.25, -0.2) is 0 Å². The Morgan fingerprint density at radius 1 is 0.833 bits per heavy atom. The molecule has 0 saturated heterocycles. The highest BCUT2D eigenvalue weighted by Gasteiger charge is 2.49. The maximum Gasteiger partial charge on any atom is -0.0107 e. The number of hydrogen-bond donors (Lipinski definition) is 0. The molecule has 0 N–H and O–H groups in total. The summed E-state index contributed by atoms with van der Waals surface area (Å²) in [5.74, 6) is 3.16. The van der Waals surface area contributed by atoms with Gasteiger partial charge in [-0.3, -0.25) is 0 Å². The van der Waals surface area contributed by atoms with E-state index in [-0.39, 0.29) is 0 Å². The average molecular weight is 238 g/mol. The summed E-state index contributed by atoms with van der Waals surface area (Å²) in [6.45, 7) is 0. The van der Waals surface area contributed by atoms with E-state index in [1.54, 1.807) is 0 Å². The van der Waals surface area contributed by atoms with Crippen LogP contribution in [0.25, 0.3) is 6.08 Å². The van der Waals surface area contributed by atoms with Crippen molar-refractivity contribution in [2.24, 2.45) is 23.2 Å². The quantitative estimate of drug-likeness (QED) is 0.686. The van der Waals surface area contributed by atoms with Crippen molar-refractivity contribution >= 4 is 6.08 Å². The number of hydrogen-bond acceptors (Lipinski definition) is 0. The third-order valence-electron chi connectivity index (χ3n) is 5.51. The molecule has 4 saturated carbocycles. The van der Waals surface area contributed by atoms with Crippen molar-refractivity contribution in [3.63, 3.8) is 0 Å². The van der Waals surface area contributed by atoms with Crippen molar-refractivity contribution in [3.05, 3.63) is 42.0 Å². The molecule has 0 nitrogen and oxygen atoms in total. The van der Waals surface area contributed by atoms with E-state index in [2.05, 4.69) is 42.5 Å². The lowest BCUT2D eigenvalue weighted by atomic mass is 9.49. The zero-order chi connectivity index (χ0) is 12.0. The van der Waals surface area contributed by atoms with Crippen LogP contribution in [0.15, 0.2) is 36.4 Å². The van der Waals surface area contributed by atoms with Crippen LogP contribution >= 0.6 is 0 Å². The maximum absolute atomic E-state index is 2.58. The Morgan fingerprint density at radius 2 is 1.39 bits per heavy atom.